The molecule has 2 N–H and O–H groups in total. The topological polar surface area (TPSA) is 67.4 Å². The van der Waals surface area contributed by atoms with E-state index in [1.807, 2.05) is 0 Å². The lowest BCUT2D eigenvalue weighted by Gasteiger charge is -2.11. The average Bonchev–Trinajstić information content (AvgIpc) is 3.10. The maximum absolute atomic E-state index is 12.2. The van der Waals surface area contributed by atoms with E-state index in [1.54, 1.807) is 24.3 Å². The Morgan fingerprint density at radius 3 is 2.57 bits per heavy atom. The van der Waals surface area contributed by atoms with E-state index in [4.69, 9.17) is 4.74 Å². The fourth-order valence-electron chi connectivity index (χ4n) is 2.59. The molecule has 1 unspecified atom stereocenters. The van der Waals surface area contributed by atoms with E-state index in [2.05, 4.69) is 17.6 Å². The fraction of sp³-hybridized carbons (Fsp3) is 0.556. The van der Waals surface area contributed by atoms with Crippen molar-refractivity contribution in [2.24, 2.45) is 0 Å². The summed E-state index contributed by atoms with van der Waals surface area (Å²) in [5, 5.41) is 5.76. The van der Waals surface area contributed by atoms with Gasteiger partial charge in [-0.3, -0.25) is 9.59 Å². The Labute approximate surface area is 137 Å². The molecule has 0 bridgehead atoms. The number of hydrogen-bond acceptors (Lipinski definition) is 3. The zero-order valence-electron chi connectivity index (χ0n) is 13.8. The number of rotatable bonds is 8. The van der Waals surface area contributed by atoms with Gasteiger partial charge in [-0.05, 0) is 37.5 Å². The quantitative estimate of drug-likeness (QED) is 0.724. The highest BCUT2D eigenvalue weighted by atomic mass is 16.5. The molecule has 126 valence electrons. The first-order valence-electron chi connectivity index (χ1n) is 8.48. The summed E-state index contributed by atoms with van der Waals surface area (Å²) in [6, 6.07) is 6.83. The standard InChI is InChI=1S/C18H26N2O3/c1-2-3-4-10-19-17(21)14-7-5-8-15(12-14)18(22)20-13-16-9-6-11-23-16/h5,7-8,12,16H,2-4,6,9-11,13H2,1H3,(H,19,21)(H,20,22). The van der Waals surface area contributed by atoms with Gasteiger partial charge < -0.3 is 15.4 Å². The minimum absolute atomic E-state index is 0.115. The van der Waals surface area contributed by atoms with Crippen LogP contribution in [0.2, 0.25) is 0 Å². The van der Waals surface area contributed by atoms with Gasteiger partial charge in [-0.25, -0.2) is 0 Å². The van der Waals surface area contributed by atoms with Gasteiger partial charge in [-0.15, -0.1) is 0 Å². The highest BCUT2D eigenvalue weighted by molar-refractivity contribution is 5.99. The number of carbonyl (C=O) groups excluding carboxylic acids is 2. The van der Waals surface area contributed by atoms with E-state index < -0.39 is 0 Å². The highest BCUT2D eigenvalue weighted by Gasteiger charge is 2.17. The van der Waals surface area contributed by atoms with Crippen molar-refractivity contribution in [3.8, 4) is 0 Å². The molecular weight excluding hydrogens is 292 g/mol. The Balaban J connectivity index is 1.85. The van der Waals surface area contributed by atoms with Crippen LogP contribution >= 0.6 is 0 Å². The van der Waals surface area contributed by atoms with Gasteiger partial charge in [0, 0.05) is 30.8 Å². The molecule has 1 saturated heterocycles. The van der Waals surface area contributed by atoms with Crippen LogP contribution < -0.4 is 10.6 Å². The van der Waals surface area contributed by atoms with Crippen LogP contribution in [0.1, 0.15) is 59.7 Å². The molecule has 1 aromatic rings. The summed E-state index contributed by atoms with van der Waals surface area (Å²) >= 11 is 0. The first kappa shape index (κ1) is 17.5. The summed E-state index contributed by atoms with van der Waals surface area (Å²) in [7, 11) is 0. The minimum atomic E-state index is -0.166. The number of nitrogens with one attached hydrogen (secondary N) is 2. The molecule has 2 rings (SSSR count). The monoisotopic (exact) mass is 318 g/mol. The van der Waals surface area contributed by atoms with E-state index in [1.165, 1.54) is 0 Å². The molecule has 0 spiro atoms. The largest absolute Gasteiger partial charge is 0.376 e. The van der Waals surface area contributed by atoms with Crippen molar-refractivity contribution < 1.29 is 14.3 Å². The predicted octanol–water partition coefficient (Wildman–Crippen LogP) is 2.52. The molecule has 5 nitrogen and oxygen atoms in total. The summed E-state index contributed by atoms with van der Waals surface area (Å²) in [5.74, 6) is -0.295. The number of unbranched alkanes of at least 4 members (excludes halogenated alkanes) is 2. The van der Waals surface area contributed by atoms with Gasteiger partial charge in [0.05, 0.1) is 6.10 Å². The van der Waals surface area contributed by atoms with Crippen LogP contribution in [0.3, 0.4) is 0 Å². The Bertz CT molecular complexity index is 525. The first-order valence-corrected chi connectivity index (χ1v) is 8.48. The van der Waals surface area contributed by atoms with Crippen LogP contribution in [-0.2, 0) is 4.74 Å². The van der Waals surface area contributed by atoms with Crippen LogP contribution in [0, 0.1) is 0 Å². The van der Waals surface area contributed by atoms with Crippen LogP contribution in [0.25, 0.3) is 0 Å². The molecule has 1 fully saturated rings. The Morgan fingerprint density at radius 1 is 1.17 bits per heavy atom. The second-order valence-electron chi connectivity index (χ2n) is 5.89. The van der Waals surface area contributed by atoms with Crippen molar-refractivity contribution in [1.82, 2.24) is 10.6 Å². The second-order valence-corrected chi connectivity index (χ2v) is 5.89. The van der Waals surface area contributed by atoms with Gasteiger partial charge in [0.15, 0.2) is 0 Å². The van der Waals surface area contributed by atoms with Crippen LogP contribution in [0.4, 0.5) is 0 Å². The smallest absolute Gasteiger partial charge is 0.251 e. The SMILES string of the molecule is CCCCCNC(=O)c1cccc(C(=O)NCC2CCCO2)c1. The third-order valence-electron chi connectivity index (χ3n) is 3.97. The normalized spacial score (nSPS) is 17.0. The van der Waals surface area contributed by atoms with Gasteiger partial charge >= 0.3 is 0 Å². The van der Waals surface area contributed by atoms with E-state index in [0.29, 0.717) is 24.2 Å². The van der Waals surface area contributed by atoms with Gasteiger partial charge in [0.1, 0.15) is 0 Å². The van der Waals surface area contributed by atoms with Gasteiger partial charge in [-0.1, -0.05) is 25.8 Å². The number of benzene rings is 1. The van der Waals surface area contributed by atoms with Crippen molar-refractivity contribution in [3.63, 3.8) is 0 Å². The van der Waals surface area contributed by atoms with Gasteiger partial charge in [0.25, 0.3) is 11.8 Å². The predicted molar refractivity (Wildman–Crippen MR) is 89.6 cm³/mol. The molecule has 5 heteroatoms. The van der Waals surface area contributed by atoms with E-state index in [-0.39, 0.29) is 17.9 Å². The van der Waals surface area contributed by atoms with E-state index >= 15 is 0 Å². The fourth-order valence-corrected chi connectivity index (χ4v) is 2.59. The van der Waals surface area contributed by atoms with E-state index in [0.717, 1.165) is 38.7 Å². The summed E-state index contributed by atoms with van der Waals surface area (Å²) in [5.41, 5.74) is 1.02. The van der Waals surface area contributed by atoms with Crippen LogP contribution in [-0.4, -0.2) is 37.6 Å². The summed E-state index contributed by atoms with van der Waals surface area (Å²) in [6.07, 6.45) is 5.35. The summed E-state index contributed by atoms with van der Waals surface area (Å²) in [6.45, 7) is 4.09. The molecule has 2 amide bonds. The first-order chi connectivity index (χ1) is 11.2. The highest BCUT2D eigenvalue weighted by Crippen LogP contribution is 2.11. The molecule has 1 aromatic carbocycles. The maximum Gasteiger partial charge on any atom is 0.251 e. The Kier molecular flexibility index (Phi) is 7.07. The molecule has 1 atom stereocenters. The van der Waals surface area contributed by atoms with E-state index in [9.17, 15) is 9.59 Å². The van der Waals surface area contributed by atoms with Crippen molar-refractivity contribution >= 4 is 11.8 Å². The number of amides is 2. The molecule has 1 aliphatic rings. The molecule has 23 heavy (non-hydrogen) atoms. The van der Waals surface area contributed by atoms with Crippen LogP contribution in [0.5, 0.6) is 0 Å². The minimum Gasteiger partial charge on any atom is -0.376 e. The zero-order valence-corrected chi connectivity index (χ0v) is 13.8. The number of ether oxygens (including phenoxy) is 1. The molecule has 0 radical (unpaired) electrons. The van der Waals surface area contributed by atoms with Gasteiger partial charge in [0.2, 0.25) is 0 Å². The lowest BCUT2D eigenvalue weighted by atomic mass is 10.1. The summed E-state index contributed by atoms with van der Waals surface area (Å²) < 4.78 is 5.49. The van der Waals surface area contributed by atoms with Crippen molar-refractivity contribution in [2.75, 3.05) is 19.7 Å². The number of carbonyl (C=O) groups is 2. The molecule has 0 saturated carbocycles. The Hall–Kier alpha value is -1.88. The molecular formula is C18H26N2O3. The summed E-state index contributed by atoms with van der Waals surface area (Å²) in [4.78, 5) is 24.3. The lowest BCUT2D eigenvalue weighted by Crippen LogP contribution is -2.32. The Morgan fingerprint density at radius 2 is 1.91 bits per heavy atom. The molecule has 0 aliphatic carbocycles. The van der Waals surface area contributed by atoms with Crippen molar-refractivity contribution in [1.29, 1.82) is 0 Å². The maximum atomic E-state index is 12.2. The third kappa shape index (κ3) is 5.67. The molecule has 1 aliphatic heterocycles. The van der Waals surface area contributed by atoms with Crippen LogP contribution in [0.15, 0.2) is 24.3 Å². The van der Waals surface area contributed by atoms with Crippen molar-refractivity contribution in [2.45, 2.75) is 45.1 Å². The number of hydrogen-bond donors (Lipinski definition) is 2. The second kappa shape index (κ2) is 9.30. The lowest BCUT2D eigenvalue weighted by molar-refractivity contribution is 0.0857. The molecule has 1 heterocycles. The third-order valence-corrected chi connectivity index (χ3v) is 3.97. The van der Waals surface area contributed by atoms with Crippen molar-refractivity contribution in [3.05, 3.63) is 35.4 Å². The molecule has 0 aromatic heterocycles. The van der Waals surface area contributed by atoms with Gasteiger partial charge in [-0.2, -0.15) is 0 Å². The zero-order chi connectivity index (χ0) is 16.5. The average molecular weight is 318 g/mol.